The van der Waals surface area contributed by atoms with E-state index in [1.807, 2.05) is 13.0 Å². The van der Waals surface area contributed by atoms with Crippen LogP contribution in [0.1, 0.15) is 24.0 Å². The monoisotopic (exact) mass is 277 g/mol. The van der Waals surface area contributed by atoms with Crippen molar-refractivity contribution in [3.63, 3.8) is 0 Å². The van der Waals surface area contributed by atoms with Crippen molar-refractivity contribution in [3.05, 3.63) is 29.6 Å². The quantitative estimate of drug-likeness (QED) is 0.871. The predicted molar refractivity (Wildman–Crippen MR) is 73.1 cm³/mol. The number of likely N-dealkylation sites (tertiary alicyclic amines) is 1. The first-order valence-electron chi connectivity index (χ1n) is 6.70. The molecule has 2 heterocycles. The van der Waals surface area contributed by atoms with Gasteiger partial charge in [0.1, 0.15) is 0 Å². The molecule has 2 N–H and O–H groups in total. The van der Waals surface area contributed by atoms with E-state index in [0.29, 0.717) is 19.6 Å². The van der Waals surface area contributed by atoms with E-state index < -0.39 is 5.97 Å². The molecule has 6 nitrogen and oxygen atoms in total. The van der Waals surface area contributed by atoms with Crippen LogP contribution < -0.4 is 5.32 Å². The third-order valence-electron chi connectivity index (χ3n) is 3.61. The molecule has 20 heavy (non-hydrogen) atoms. The number of aromatic nitrogens is 1. The molecular weight excluding hydrogens is 258 g/mol. The Morgan fingerprint density at radius 1 is 1.55 bits per heavy atom. The van der Waals surface area contributed by atoms with Gasteiger partial charge < -0.3 is 15.3 Å². The molecule has 6 heteroatoms. The second-order valence-electron chi connectivity index (χ2n) is 5.16. The number of hydrogen-bond acceptors (Lipinski definition) is 3. The number of hydrogen-bond donors (Lipinski definition) is 2. The van der Waals surface area contributed by atoms with Crippen LogP contribution >= 0.6 is 0 Å². The van der Waals surface area contributed by atoms with Gasteiger partial charge in [0.15, 0.2) is 0 Å². The molecule has 1 atom stereocenters. The molecule has 0 radical (unpaired) electrons. The highest BCUT2D eigenvalue weighted by atomic mass is 16.4. The van der Waals surface area contributed by atoms with Crippen LogP contribution in [0, 0.1) is 12.8 Å². The van der Waals surface area contributed by atoms with Gasteiger partial charge in [0, 0.05) is 38.4 Å². The van der Waals surface area contributed by atoms with Crippen LogP contribution in [0.15, 0.2) is 18.5 Å². The highest BCUT2D eigenvalue weighted by Crippen LogP contribution is 2.19. The smallest absolute Gasteiger partial charge is 0.317 e. The van der Waals surface area contributed by atoms with E-state index in [2.05, 4.69) is 10.3 Å². The molecule has 0 aliphatic carbocycles. The van der Waals surface area contributed by atoms with Crippen LogP contribution in [-0.2, 0) is 11.3 Å². The maximum Gasteiger partial charge on any atom is 0.317 e. The summed E-state index contributed by atoms with van der Waals surface area (Å²) in [6, 6.07) is 1.77. The SMILES string of the molecule is Cc1ccncc1CNC(=O)N1CCC(CC(=O)O)C1. The molecule has 0 spiro atoms. The van der Waals surface area contributed by atoms with E-state index in [4.69, 9.17) is 5.11 Å². The second-order valence-corrected chi connectivity index (χ2v) is 5.16. The van der Waals surface area contributed by atoms with E-state index in [9.17, 15) is 9.59 Å². The van der Waals surface area contributed by atoms with Gasteiger partial charge in [-0.25, -0.2) is 4.79 Å². The summed E-state index contributed by atoms with van der Waals surface area (Å²) in [7, 11) is 0. The van der Waals surface area contributed by atoms with Crippen LogP contribution in [0.3, 0.4) is 0 Å². The van der Waals surface area contributed by atoms with E-state index >= 15 is 0 Å². The van der Waals surface area contributed by atoms with Crippen LogP contribution in [-0.4, -0.2) is 40.1 Å². The van der Waals surface area contributed by atoms with Crippen molar-refractivity contribution in [1.29, 1.82) is 0 Å². The Kier molecular flexibility index (Phi) is 4.55. The number of carbonyl (C=O) groups excluding carboxylic acids is 1. The maximum absolute atomic E-state index is 12.0. The Bertz CT molecular complexity index is 504. The minimum absolute atomic E-state index is 0.0679. The van der Waals surface area contributed by atoms with Crippen LogP contribution in [0.5, 0.6) is 0 Å². The van der Waals surface area contributed by atoms with Gasteiger partial charge in [-0.3, -0.25) is 9.78 Å². The first kappa shape index (κ1) is 14.3. The van der Waals surface area contributed by atoms with Gasteiger partial charge in [-0.15, -0.1) is 0 Å². The summed E-state index contributed by atoms with van der Waals surface area (Å²) in [5, 5.41) is 11.6. The highest BCUT2D eigenvalue weighted by Gasteiger charge is 2.27. The van der Waals surface area contributed by atoms with Crippen molar-refractivity contribution in [2.45, 2.75) is 26.3 Å². The zero-order chi connectivity index (χ0) is 14.5. The van der Waals surface area contributed by atoms with Gasteiger partial charge in [-0.2, -0.15) is 0 Å². The fourth-order valence-electron chi connectivity index (χ4n) is 2.40. The summed E-state index contributed by atoms with van der Waals surface area (Å²) in [4.78, 5) is 28.4. The molecule has 108 valence electrons. The summed E-state index contributed by atoms with van der Waals surface area (Å²) in [5.74, 6) is -0.735. The minimum atomic E-state index is -0.803. The van der Waals surface area contributed by atoms with Crippen molar-refractivity contribution in [2.24, 2.45) is 5.92 Å². The summed E-state index contributed by atoms with van der Waals surface area (Å²) in [5.41, 5.74) is 2.08. The molecule has 1 aliphatic heterocycles. The normalized spacial score (nSPS) is 18.1. The fourth-order valence-corrected chi connectivity index (χ4v) is 2.40. The number of carbonyl (C=O) groups is 2. The van der Waals surface area contributed by atoms with Crippen molar-refractivity contribution in [2.75, 3.05) is 13.1 Å². The zero-order valence-electron chi connectivity index (χ0n) is 11.5. The Morgan fingerprint density at radius 3 is 3.05 bits per heavy atom. The molecule has 2 amide bonds. The van der Waals surface area contributed by atoms with Gasteiger partial charge in [-0.05, 0) is 36.5 Å². The third kappa shape index (κ3) is 3.69. The lowest BCUT2D eigenvalue weighted by molar-refractivity contribution is -0.138. The van der Waals surface area contributed by atoms with Crippen LogP contribution in [0.4, 0.5) is 4.79 Å². The first-order chi connectivity index (χ1) is 9.56. The number of urea groups is 1. The summed E-state index contributed by atoms with van der Waals surface area (Å²) in [6.07, 6.45) is 4.35. The van der Waals surface area contributed by atoms with E-state index in [0.717, 1.165) is 17.5 Å². The van der Waals surface area contributed by atoms with Crippen molar-refractivity contribution in [3.8, 4) is 0 Å². The van der Waals surface area contributed by atoms with Crippen molar-refractivity contribution in [1.82, 2.24) is 15.2 Å². The topological polar surface area (TPSA) is 82.5 Å². The Hall–Kier alpha value is -2.11. The van der Waals surface area contributed by atoms with Crippen molar-refractivity contribution >= 4 is 12.0 Å². The number of rotatable bonds is 4. The number of carboxylic acids is 1. The lowest BCUT2D eigenvalue weighted by atomic mass is 10.1. The molecule has 1 unspecified atom stereocenters. The Labute approximate surface area is 117 Å². The number of amides is 2. The summed E-state index contributed by atoms with van der Waals surface area (Å²) in [6.45, 7) is 3.56. The minimum Gasteiger partial charge on any atom is -0.481 e. The summed E-state index contributed by atoms with van der Waals surface area (Å²) >= 11 is 0. The zero-order valence-corrected chi connectivity index (χ0v) is 11.5. The fraction of sp³-hybridized carbons (Fsp3) is 0.500. The molecule has 2 rings (SSSR count). The lowest BCUT2D eigenvalue weighted by Gasteiger charge is -2.17. The second kappa shape index (κ2) is 6.36. The first-order valence-corrected chi connectivity index (χ1v) is 6.70. The largest absolute Gasteiger partial charge is 0.481 e. The van der Waals surface area contributed by atoms with Gasteiger partial charge in [0.25, 0.3) is 0 Å². The average Bonchev–Trinajstić information content (AvgIpc) is 2.85. The van der Waals surface area contributed by atoms with Gasteiger partial charge in [0.05, 0.1) is 0 Å². The van der Waals surface area contributed by atoms with E-state index in [1.54, 1.807) is 17.3 Å². The van der Waals surface area contributed by atoms with E-state index in [-0.39, 0.29) is 18.4 Å². The molecule has 1 aliphatic rings. The molecule has 1 saturated heterocycles. The van der Waals surface area contributed by atoms with Crippen LogP contribution in [0.25, 0.3) is 0 Å². The highest BCUT2D eigenvalue weighted by molar-refractivity contribution is 5.74. The Morgan fingerprint density at radius 2 is 2.35 bits per heavy atom. The number of nitrogens with one attached hydrogen (secondary N) is 1. The van der Waals surface area contributed by atoms with Crippen LogP contribution in [0.2, 0.25) is 0 Å². The summed E-state index contributed by atoms with van der Waals surface area (Å²) < 4.78 is 0. The number of aliphatic carboxylic acids is 1. The number of nitrogens with zero attached hydrogens (tertiary/aromatic N) is 2. The lowest BCUT2D eigenvalue weighted by Crippen LogP contribution is -2.38. The molecule has 1 aromatic heterocycles. The van der Waals surface area contributed by atoms with Gasteiger partial charge in [0.2, 0.25) is 0 Å². The maximum atomic E-state index is 12.0. The molecule has 1 fully saturated rings. The third-order valence-corrected chi connectivity index (χ3v) is 3.61. The Balaban J connectivity index is 1.81. The van der Waals surface area contributed by atoms with Gasteiger partial charge in [-0.1, -0.05) is 0 Å². The predicted octanol–water partition coefficient (Wildman–Crippen LogP) is 1.40. The number of carboxylic acid groups (broad SMARTS) is 1. The average molecular weight is 277 g/mol. The van der Waals surface area contributed by atoms with E-state index in [1.165, 1.54) is 0 Å². The van der Waals surface area contributed by atoms with Gasteiger partial charge >= 0.3 is 12.0 Å². The molecule has 0 bridgehead atoms. The molecule has 0 aromatic carbocycles. The van der Waals surface area contributed by atoms with Crippen molar-refractivity contribution < 1.29 is 14.7 Å². The molecule has 0 saturated carbocycles. The molecular formula is C14H19N3O3. The number of pyridine rings is 1. The molecule has 1 aromatic rings. The number of aryl methyl sites for hydroxylation is 1. The standard InChI is InChI=1S/C14H19N3O3/c1-10-2-4-15-7-12(10)8-16-14(20)17-5-3-11(9-17)6-13(18)19/h2,4,7,11H,3,5-6,8-9H2,1H3,(H,16,20)(H,18,19).